The van der Waals surface area contributed by atoms with Crippen LogP contribution in [0.1, 0.15) is 19.2 Å². The van der Waals surface area contributed by atoms with Crippen molar-refractivity contribution in [3.05, 3.63) is 42.3 Å². The van der Waals surface area contributed by atoms with Crippen LogP contribution in [0.3, 0.4) is 0 Å². The zero-order chi connectivity index (χ0) is 14.7. The van der Waals surface area contributed by atoms with Gasteiger partial charge in [0.15, 0.2) is 0 Å². The Morgan fingerprint density at radius 2 is 2.05 bits per heavy atom. The van der Waals surface area contributed by atoms with Gasteiger partial charge in [-0.05, 0) is 18.1 Å². The highest BCUT2D eigenvalue weighted by molar-refractivity contribution is 5.80. The van der Waals surface area contributed by atoms with Gasteiger partial charge >= 0.3 is 0 Å². The minimum Gasteiger partial charge on any atom is -0.339 e. The number of para-hydroxylation sites is 1. The highest BCUT2D eigenvalue weighted by atomic mass is 16.5. The van der Waals surface area contributed by atoms with Crippen LogP contribution in [0.25, 0.3) is 22.4 Å². The fourth-order valence-corrected chi connectivity index (χ4v) is 2.16. The van der Waals surface area contributed by atoms with Crippen molar-refractivity contribution in [2.24, 2.45) is 5.92 Å². The number of hydrogen-bond acceptors (Lipinski definition) is 5. The molecule has 0 aliphatic rings. The maximum absolute atomic E-state index is 8.67. The van der Waals surface area contributed by atoms with Crippen molar-refractivity contribution in [1.82, 2.24) is 15.1 Å². The van der Waals surface area contributed by atoms with E-state index in [4.69, 9.17) is 9.78 Å². The molecule has 5 nitrogen and oxygen atoms in total. The predicted octanol–water partition coefficient (Wildman–Crippen LogP) is 3.38. The number of aromatic nitrogens is 3. The minimum atomic E-state index is 0.202. The molecule has 1 unspecified atom stereocenters. The average Bonchev–Trinajstić information content (AvgIpc) is 2.95. The second-order valence-electron chi connectivity index (χ2n) is 5.07. The summed E-state index contributed by atoms with van der Waals surface area (Å²) in [6.07, 6.45) is 1.08. The molecule has 2 heterocycles. The molecule has 0 bridgehead atoms. The van der Waals surface area contributed by atoms with Crippen molar-refractivity contribution in [2.75, 3.05) is 0 Å². The van der Waals surface area contributed by atoms with Crippen LogP contribution >= 0.6 is 0 Å². The van der Waals surface area contributed by atoms with Crippen LogP contribution in [0.5, 0.6) is 0 Å². The Balaban J connectivity index is 1.86. The molecular weight excluding hydrogens is 264 g/mol. The SMILES string of the molecule is CC(CC#N)Cc1nc(-c2ccc3ccccc3n2)no1. The molecular formula is C16H14N4O. The molecule has 1 aromatic carbocycles. The van der Waals surface area contributed by atoms with Crippen LogP contribution in [0.15, 0.2) is 40.9 Å². The van der Waals surface area contributed by atoms with Crippen LogP contribution in [0.4, 0.5) is 0 Å². The van der Waals surface area contributed by atoms with E-state index in [9.17, 15) is 0 Å². The summed E-state index contributed by atoms with van der Waals surface area (Å²) in [5.74, 6) is 1.23. The third-order valence-corrected chi connectivity index (χ3v) is 3.26. The van der Waals surface area contributed by atoms with E-state index >= 15 is 0 Å². The molecule has 0 saturated carbocycles. The molecule has 3 aromatic rings. The zero-order valence-electron chi connectivity index (χ0n) is 11.7. The lowest BCUT2D eigenvalue weighted by atomic mass is 10.1. The molecule has 21 heavy (non-hydrogen) atoms. The molecule has 0 amide bonds. The zero-order valence-corrected chi connectivity index (χ0v) is 11.7. The van der Waals surface area contributed by atoms with Crippen molar-refractivity contribution in [1.29, 1.82) is 5.26 Å². The number of rotatable bonds is 4. The van der Waals surface area contributed by atoms with E-state index in [1.807, 2.05) is 43.3 Å². The fourth-order valence-electron chi connectivity index (χ4n) is 2.16. The summed E-state index contributed by atoms with van der Waals surface area (Å²) in [6.45, 7) is 1.99. The average molecular weight is 278 g/mol. The van der Waals surface area contributed by atoms with Gasteiger partial charge in [0.25, 0.3) is 0 Å². The standard InChI is InChI=1S/C16H14N4O/c1-11(8-9-17)10-15-19-16(20-21-15)14-7-6-12-4-2-3-5-13(12)18-14/h2-7,11H,8,10H2,1H3. The molecule has 2 aromatic heterocycles. The number of nitrogens with zero attached hydrogens (tertiary/aromatic N) is 4. The summed E-state index contributed by atoms with van der Waals surface area (Å²) in [4.78, 5) is 8.90. The third kappa shape index (κ3) is 2.90. The van der Waals surface area contributed by atoms with Crippen LogP contribution in [0.2, 0.25) is 0 Å². The van der Waals surface area contributed by atoms with Gasteiger partial charge in [-0.2, -0.15) is 10.2 Å². The highest BCUT2D eigenvalue weighted by Crippen LogP contribution is 2.19. The van der Waals surface area contributed by atoms with E-state index in [1.165, 1.54) is 0 Å². The van der Waals surface area contributed by atoms with E-state index in [-0.39, 0.29) is 5.92 Å². The monoisotopic (exact) mass is 278 g/mol. The molecule has 3 rings (SSSR count). The Kier molecular flexibility index (Phi) is 3.61. The normalized spacial score (nSPS) is 12.2. The second-order valence-corrected chi connectivity index (χ2v) is 5.07. The van der Waals surface area contributed by atoms with Crippen molar-refractivity contribution < 1.29 is 4.52 Å². The maximum Gasteiger partial charge on any atom is 0.227 e. The summed E-state index contributed by atoms with van der Waals surface area (Å²) in [7, 11) is 0. The lowest BCUT2D eigenvalue weighted by molar-refractivity contribution is 0.359. The molecule has 0 N–H and O–H groups in total. The Morgan fingerprint density at radius 3 is 2.90 bits per heavy atom. The van der Waals surface area contributed by atoms with Gasteiger partial charge in [-0.25, -0.2) is 4.98 Å². The van der Waals surface area contributed by atoms with E-state index in [0.29, 0.717) is 30.3 Å². The molecule has 0 saturated heterocycles. The molecule has 0 spiro atoms. The topological polar surface area (TPSA) is 75.6 Å². The second kappa shape index (κ2) is 5.71. The van der Waals surface area contributed by atoms with Crippen LogP contribution < -0.4 is 0 Å². The van der Waals surface area contributed by atoms with Gasteiger partial charge in [-0.1, -0.05) is 36.3 Å². The molecule has 0 fully saturated rings. The number of nitriles is 1. The lowest BCUT2D eigenvalue weighted by Gasteiger charge is -2.00. The van der Waals surface area contributed by atoms with Gasteiger partial charge in [0.05, 0.1) is 11.6 Å². The largest absolute Gasteiger partial charge is 0.339 e. The molecule has 0 radical (unpaired) electrons. The predicted molar refractivity (Wildman–Crippen MR) is 78.1 cm³/mol. The number of benzene rings is 1. The van der Waals surface area contributed by atoms with Gasteiger partial charge in [0.2, 0.25) is 11.7 Å². The molecule has 5 heteroatoms. The van der Waals surface area contributed by atoms with Crippen LogP contribution in [0, 0.1) is 17.2 Å². The van der Waals surface area contributed by atoms with Gasteiger partial charge in [-0.15, -0.1) is 0 Å². The first-order chi connectivity index (χ1) is 10.3. The highest BCUT2D eigenvalue weighted by Gasteiger charge is 2.13. The molecule has 0 aliphatic heterocycles. The number of hydrogen-bond donors (Lipinski definition) is 0. The first kappa shape index (κ1) is 13.3. The summed E-state index contributed by atoms with van der Waals surface area (Å²) < 4.78 is 5.24. The van der Waals surface area contributed by atoms with Crippen molar-refractivity contribution in [3.63, 3.8) is 0 Å². The lowest BCUT2D eigenvalue weighted by Crippen LogP contribution is -1.98. The van der Waals surface area contributed by atoms with E-state index in [1.54, 1.807) is 0 Å². The van der Waals surface area contributed by atoms with E-state index in [0.717, 1.165) is 10.9 Å². The Morgan fingerprint density at radius 1 is 1.19 bits per heavy atom. The first-order valence-corrected chi connectivity index (χ1v) is 6.82. The quantitative estimate of drug-likeness (QED) is 0.731. The van der Waals surface area contributed by atoms with Crippen LogP contribution in [-0.4, -0.2) is 15.1 Å². The summed E-state index contributed by atoms with van der Waals surface area (Å²) in [6, 6.07) is 13.9. The van der Waals surface area contributed by atoms with Crippen molar-refractivity contribution >= 4 is 10.9 Å². The Bertz CT molecular complexity index is 803. The van der Waals surface area contributed by atoms with E-state index in [2.05, 4.69) is 21.2 Å². The van der Waals surface area contributed by atoms with Gasteiger partial charge in [0, 0.05) is 18.2 Å². The smallest absolute Gasteiger partial charge is 0.227 e. The van der Waals surface area contributed by atoms with Crippen molar-refractivity contribution in [2.45, 2.75) is 19.8 Å². The van der Waals surface area contributed by atoms with Gasteiger partial charge in [-0.3, -0.25) is 0 Å². The van der Waals surface area contributed by atoms with E-state index < -0.39 is 0 Å². The Labute approximate surface area is 122 Å². The fraction of sp³-hybridized carbons (Fsp3) is 0.250. The summed E-state index contributed by atoms with van der Waals surface area (Å²) >= 11 is 0. The summed E-state index contributed by atoms with van der Waals surface area (Å²) in [5.41, 5.74) is 1.59. The molecule has 1 atom stereocenters. The summed E-state index contributed by atoms with van der Waals surface area (Å²) in [5, 5.41) is 13.7. The van der Waals surface area contributed by atoms with Crippen molar-refractivity contribution in [3.8, 4) is 17.6 Å². The number of fused-ring (bicyclic) bond motifs is 1. The molecule has 104 valence electrons. The number of pyridine rings is 1. The first-order valence-electron chi connectivity index (χ1n) is 6.82. The maximum atomic E-state index is 8.67. The molecule has 0 aliphatic carbocycles. The van der Waals surface area contributed by atoms with Gasteiger partial charge in [0.1, 0.15) is 5.69 Å². The minimum absolute atomic E-state index is 0.202. The Hall–Kier alpha value is -2.74. The van der Waals surface area contributed by atoms with Crippen LogP contribution in [-0.2, 0) is 6.42 Å². The van der Waals surface area contributed by atoms with Gasteiger partial charge < -0.3 is 4.52 Å². The third-order valence-electron chi connectivity index (χ3n) is 3.26.